The first-order valence-corrected chi connectivity index (χ1v) is 6.27. The molecule has 0 saturated heterocycles. The van der Waals surface area contributed by atoms with Crippen LogP contribution >= 0.6 is 0 Å². The van der Waals surface area contributed by atoms with Gasteiger partial charge in [0.2, 0.25) is 0 Å². The maximum Gasteiger partial charge on any atom is 0.0244 e. The first kappa shape index (κ1) is 11.6. The lowest BCUT2D eigenvalue weighted by molar-refractivity contribution is 0.231. The summed E-state index contributed by atoms with van der Waals surface area (Å²) in [6.45, 7) is 1.11. The van der Waals surface area contributed by atoms with Gasteiger partial charge in [-0.1, -0.05) is 36.8 Å². The van der Waals surface area contributed by atoms with Crippen LogP contribution in [0.5, 0.6) is 0 Å². The third-order valence-corrected chi connectivity index (χ3v) is 3.69. The molecule has 0 radical (unpaired) electrons. The molecule has 2 heteroatoms. The lowest BCUT2D eigenvalue weighted by Crippen LogP contribution is -2.42. The fraction of sp³-hybridized carbons (Fsp3) is 0.571. The molecule has 0 aliphatic heterocycles. The molecule has 0 bridgehead atoms. The summed E-state index contributed by atoms with van der Waals surface area (Å²) in [6.07, 6.45) is 4.88. The Kier molecular flexibility index (Phi) is 3.97. The van der Waals surface area contributed by atoms with Crippen molar-refractivity contribution in [3.8, 4) is 0 Å². The van der Waals surface area contributed by atoms with Gasteiger partial charge in [-0.2, -0.15) is 0 Å². The second kappa shape index (κ2) is 5.46. The SMILES string of the molecule is CN(CCc1ccccc1)C1CCCC1N. The van der Waals surface area contributed by atoms with Crippen molar-refractivity contribution in [2.24, 2.45) is 5.73 Å². The van der Waals surface area contributed by atoms with E-state index in [9.17, 15) is 0 Å². The van der Waals surface area contributed by atoms with E-state index in [2.05, 4.69) is 42.3 Å². The molecule has 0 spiro atoms. The van der Waals surface area contributed by atoms with Gasteiger partial charge in [0.05, 0.1) is 0 Å². The van der Waals surface area contributed by atoms with Crippen LogP contribution in [0.3, 0.4) is 0 Å². The molecule has 0 aromatic heterocycles. The number of hydrogen-bond donors (Lipinski definition) is 1. The van der Waals surface area contributed by atoms with Crippen LogP contribution in [0.4, 0.5) is 0 Å². The van der Waals surface area contributed by atoms with E-state index in [0.29, 0.717) is 12.1 Å². The molecular formula is C14H22N2. The first-order valence-electron chi connectivity index (χ1n) is 6.27. The lowest BCUT2D eigenvalue weighted by Gasteiger charge is -2.27. The second-order valence-corrected chi connectivity index (χ2v) is 4.88. The fourth-order valence-electron chi connectivity index (χ4n) is 2.63. The number of likely N-dealkylation sites (N-methyl/N-ethyl adjacent to an activating group) is 1. The molecule has 2 N–H and O–H groups in total. The molecule has 2 atom stereocenters. The minimum Gasteiger partial charge on any atom is -0.326 e. The Bertz CT molecular complexity index is 310. The predicted molar refractivity (Wildman–Crippen MR) is 68.4 cm³/mol. The number of benzene rings is 1. The minimum absolute atomic E-state index is 0.390. The summed E-state index contributed by atoms with van der Waals surface area (Å²) in [5.74, 6) is 0. The zero-order chi connectivity index (χ0) is 11.4. The smallest absolute Gasteiger partial charge is 0.0244 e. The van der Waals surface area contributed by atoms with Crippen molar-refractivity contribution in [1.29, 1.82) is 0 Å². The fourth-order valence-corrected chi connectivity index (χ4v) is 2.63. The van der Waals surface area contributed by atoms with Crippen molar-refractivity contribution in [3.63, 3.8) is 0 Å². The predicted octanol–water partition coefficient (Wildman–Crippen LogP) is 2.04. The zero-order valence-electron chi connectivity index (χ0n) is 10.1. The molecule has 2 unspecified atom stereocenters. The van der Waals surface area contributed by atoms with Gasteiger partial charge < -0.3 is 10.6 Å². The molecule has 2 nitrogen and oxygen atoms in total. The summed E-state index contributed by atoms with van der Waals surface area (Å²) in [6, 6.07) is 11.7. The zero-order valence-corrected chi connectivity index (χ0v) is 10.1. The van der Waals surface area contributed by atoms with Crippen LogP contribution in [0, 0.1) is 0 Å². The third kappa shape index (κ3) is 2.83. The largest absolute Gasteiger partial charge is 0.326 e. The van der Waals surface area contributed by atoms with E-state index in [4.69, 9.17) is 5.73 Å². The summed E-state index contributed by atoms with van der Waals surface area (Å²) in [4.78, 5) is 2.44. The lowest BCUT2D eigenvalue weighted by atomic mass is 10.1. The van der Waals surface area contributed by atoms with Crippen molar-refractivity contribution in [1.82, 2.24) is 4.90 Å². The molecule has 16 heavy (non-hydrogen) atoms. The standard InChI is InChI=1S/C14H22N2/c1-16(14-9-5-8-13(14)15)11-10-12-6-3-2-4-7-12/h2-4,6-7,13-14H,5,8-11,15H2,1H3. The molecule has 1 aromatic rings. The number of rotatable bonds is 4. The minimum atomic E-state index is 0.390. The number of nitrogens with two attached hydrogens (primary N) is 1. The van der Waals surface area contributed by atoms with Gasteiger partial charge >= 0.3 is 0 Å². The molecule has 1 aliphatic carbocycles. The van der Waals surface area contributed by atoms with E-state index in [1.54, 1.807) is 0 Å². The monoisotopic (exact) mass is 218 g/mol. The van der Waals surface area contributed by atoms with Crippen LogP contribution in [0.2, 0.25) is 0 Å². The van der Waals surface area contributed by atoms with Crippen LogP contribution < -0.4 is 5.73 Å². The highest BCUT2D eigenvalue weighted by molar-refractivity contribution is 5.14. The van der Waals surface area contributed by atoms with E-state index >= 15 is 0 Å². The highest BCUT2D eigenvalue weighted by Crippen LogP contribution is 2.21. The quantitative estimate of drug-likeness (QED) is 0.838. The van der Waals surface area contributed by atoms with Crippen LogP contribution in [0.25, 0.3) is 0 Å². The summed E-state index contributed by atoms with van der Waals surface area (Å²) < 4.78 is 0. The van der Waals surface area contributed by atoms with Crippen LogP contribution in [-0.4, -0.2) is 30.6 Å². The maximum absolute atomic E-state index is 6.11. The molecule has 1 fully saturated rings. The molecule has 0 heterocycles. The van der Waals surface area contributed by atoms with E-state index < -0.39 is 0 Å². The van der Waals surface area contributed by atoms with E-state index in [0.717, 1.165) is 13.0 Å². The molecule has 0 amide bonds. The van der Waals surface area contributed by atoms with Crippen molar-refractivity contribution in [3.05, 3.63) is 35.9 Å². The Morgan fingerprint density at radius 2 is 2.00 bits per heavy atom. The highest BCUT2D eigenvalue weighted by Gasteiger charge is 2.26. The highest BCUT2D eigenvalue weighted by atomic mass is 15.1. The van der Waals surface area contributed by atoms with Crippen molar-refractivity contribution in [2.75, 3.05) is 13.6 Å². The Balaban J connectivity index is 1.81. The average Bonchev–Trinajstić information content (AvgIpc) is 2.74. The average molecular weight is 218 g/mol. The summed E-state index contributed by atoms with van der Waals surface area (Å²) in [7, 11) is 2.21. The van der Waals surface area contributed by atoms with Gasteiger partial charge in [0.15, 0.2) is 0 Å². The van der Waals surface area contributed by atoms with Crippen LogP contribution in [0.15, 0.2) is 30.3 Å². The van der Waals surface area contributed by atoms with Crippen LogP contribution in [-0.2, 0) is 6.42 Å². The topological polar surface area (TPSA) is 29.3 Å². The van der Waals surface area contributed by atoms with Gasteiger partial charge in [-0.15, -0.1) is 0 Å². The molecule has 1 saturated carbocycles. The molecule has 1 aromatic carbocycles. The van der Waals surface area contributed by atoms with Gasteiger partial charge in [0, 0.05) is 18.6 Å². The maximum atomic E-state index is 6.11. The molecule has 88 valence electrons. The van der Waals surface area contributed by atoms with Gasteiger partial charge in [0.1, 0.15) is 0 Å². The van der Waals surface area contributed by atoms with Gasteiger partial charge in [-0.25, -0.2) is 0 Å². The van der Waals surface area contributed by atoms with Gasteiger partial charge in [0.25, 0.3) is 0 Å². The summed E-state index contributed by atoms with van der Waals surface area (Å²) in [5, 5.41) is 0. The van der Waals surface area contributed by atoms with Crippen molar-refractivity contribution < 1.29 is 0 Å². The number of nitrogens with zero attached hydrogens (tertiary/aromatic N) is 1. The van der Waals surface area contributed by atoms with Crippen LogP contribution in [0.1, 0.15) is 24.8 Å². The molecular weight excluding hydrogens is 196 g/mol. The Hall–Kier alpha value is -0.860. The van der Waals surface area contributed by atoms with Gasteiger partial charge in [-0.3, -0.25) is 0 Å². The Morgan fingerprint density at radius 1 is 1.25 bits per heavy atom. The van der Waals surface area contributed by atoms with E-state index in [1.807, 2.05) is 0 Å². The summed E-state index contributed by atoms with van der Waals surface area (Å²) in [5.41, 5.74) is 7.52. The Morgan fingerprint density at radius 3 is 2.62 bits per heavy atom. The first-order chi connectivity index (χ1) is 7.77. The second-order valence-electron chi connectivity index (χ2n) is 4.88. The normalized spacial score (nSPS) is 25.2. The third-order valence-electron chi connectivity index (χ3n) is 3.69. The summed E-state index contributed by atoms with van der Waals surface area (Å²) >= 11 is 0. The molecule has 1 aliphatic rings. The van der Waals surface area contributed by atoms with Gasteiger partial charge in [-0.05, 0) is 31.9 Å². The van der Waals surface area contributed by atoms with Crippen molar-refractivity contribution in [2.45, 2.75) is 37.8 Å². The van der Waals surface area contributed by atoms with E-state index in [1.165, 1.54) is 24.8 Å². The van der Waals surface area contributed by atoms with Crippen molar-refractivity contribution >= 4 is 0 Å². The Labute approximate surface area is 98.4 Å². The van der Waals surface area contributed by atoms with E-state index in [-0.39, 0.29) is 0 Å². The number of hydrogen-bond acceptors (Lipinski definition) is 2. The molecule has 2 rings (SSSR count).